The standard InChI is InChI=1S/C25H40S2Si/c1-13-8-14(2)18-10-15(3)24(21(18)9-13)28(6,7)25-22-19(11-16(4)26-22)20-12-17(5)27-23(20)25/h11-15,18-25H,8-10H2,1-7H3. The summed E-state index contributed by atoms with van der Waals surface area (Å²) in [5.74, 6) is 6.60. The zero-order valence-corrected chi connectivity index (χ0v) is 21.6. The predicted octanol–water partition coefficient (Wildman–Crippen LogP) is 8.06. The second-order valence-electron chi connectivity index (χ2n) is 11.8. The minimum absolute atomic E-state index is 0.827. The van der Waals surface area contributed by atoms with Crippen molar-refractivity contribution >= 4 is 31.6 Å². The van der Waals surface area contributed by atoms with E-state index in [-0.39, 0.29) is 0 Å². The number of thioether (sulfide) groups is 2. The molecule has 3 fully saturated rings. The Morgan fingerprint density at radius 3 is 1.89 bits per heavy atom. The van der Waals surface area contributed by atoms with Crippen LogP contribution in [-0.2, 0) is 0 Å². The molecule has 0 amide bonds. The van der Waals surface area contributed by atoms with Gasteiger partial charge >= 0.3 is 0 Å². The van der Waals surface area contributed by atoms with Crippen LogP contribution in [0.15, 0.2) is 22.0 Å². The van der Waals surface area contributed by atoms with Gasteiger partial charge < -0.3 is 0 Å². The second kappa shape index (κ2) is 6.95. The summed E-state index contributed by atoms with van der Waals surface area (Å²) in [6.07, 6.45) is 9.88. The Hall–Kier alpha value is 0.397. The average molecular weight is 433 g/mol. The minimum atomic E-state index is -1.41. The van der Waals surface area contributed by atoms with Crippen molar-refractivity contribution in [3.05, 3.63) is 22.0 Å². The summed E-state index contributed by atoms with van der Waals surface area (Å²) in [4.78, 5) is 3.23. The van der Waals surface area contributed by atoms with Gasteiger partial charge in [-0.25, -0.2) is 0 Å². The van der Waals surface area contributed by atoms with Crippen molar-refractivity contribution in [2.24, 2.45) is 41.4 Å². The molecule has 10 unspecified atom stereocenters. The largest absolute Gasteiger partial charge is 0.127 e. The fourth-order valence-corrected chi connectivity index (χ4v) is 20.1. The number of rotatable bonds is 2. The van der Waals surface area contributed by atoms with Crippen molar-refractivity contribution in [3.8, 4) is 0 Å². The fourth-order valence-electron chi connectivity index (χ4n) is 9.01. The molecule has 3 heteroatoms. The quantitative estimate of drug-likeness (QED) is 0.405. The van der Waals surface area contributed by atoms with Crippen LogP contribution in [-0.4, -0.2) is 18.6 Å². The maximum Gasteiger partial charge on any atom is 0.0566 e. The van der Waals surface area contributed by atoms with E-state index < -0.39 is 8.07 Å². The first-order valence-electron chi connectivity index (χ1n) is 11.9. The molecule has 0 radical (unpaired) electrons. The molecule has 2 heterocycles. The van der Waals surface area contributed by atoms with E-state index >= 15 is 0 Å². The van der Waals surface area contributed by atoms with Gasteiger partial charge in [-0.3, -0.25) is 0 Å². The van der Waals surface area contributed by atoms with Crippen molar-refractivity contribution in [1.82, 2.24) is 0 Å². The molecule has 2 aliphatic heterocycles. The first kappa shape index (κ1) is 20.3. The first-order valence-corrected chi connectivity index (χ1v) is 16.8. The lowest BCUT2D eigenvalue weighted by molar-refractivity contribution is 0.149. The lowest BCUT2D eigenvalue weighted by Crippen LogP contribution is -2.48. The lowest BCUT2D eigenvalue weighted by Gasteiger charge is -2.48. The van der Waals surface area contributed by atoms with Gasteiger partial charge in [-0.05, 0) is 95.4 Å². The lowest BCUT2D eigenvalue weighted by atomic mass is 9.70. The monoisotopic (exact) mass is 432 g/mol. The van der Waals surface area contributed by atoms with Crippen LogP contribution in [0, 0.1) is 41.4 Å². The summed E-state index contributed by atoms with van der Waals surface area (Å²) in [6, 6.07) is 0. The average Bonchev–Trinajstić information content (AvgIpc) is 3.27. The highest BCUT2D eigenvalue weighted by Gasteiger charge is 2.63. The van der Waals surface area contributed by atoms with E-state index in [0.717, 1.165) is 63.0 Å². The molecule has 3 saturated carbocycles. The van der Waals surface area contributed by atoms with Gasteiger partial charge in [-0.15, -0.1) is 23.5 Å². The minimum Gasteiger partial charge on any atom is -0.127 e. The number of allylic oxidation sites excluding steroid dienone is 4. The highest BCUT2D eigenvalue weighted by atomic mass is 32.2. The van der Waals surface area contributed by atoms with Gasteiger partial charge in [0.1, 0.15) is 0 Å². The van der Waals surface area contributed by atoms with Gasteiger partial charge in [-0.1, -0.05) is 46.0 Å². The maximum absolute atomic E-state index is 2.84. The van der Waals surface area contributed by atoms with Crippen LogP contribution in [0.1, 0.15) is 53.9 Å². The molecule has 0 aromatic heterocycles. The van der Waals surface area contributed by atoms with E-state index in [1.807, 2.05) is 0 Å². The number of hydrogen-bond donors (Lipinski definition) is 0. The zero-order chi connectivity index (χ0) is 20.0. The Morgan fingerprint density at radius 1 is 0.750 bits per heavy atom. The molecule has 0 nitrogen and oxygen atoms in total. The molecule has 5 rings (SSSR count). The fraction of sp³-hybridized carbons (Fsp3) is 0.840. The van der Waals surface area contributed by atoms with Gasteiger partial charge in [0, 0.05) is 10.5 Å². The summed E-state index contributed by atoms with van der Waals surface area (Å²) < 4.78 is 0. The molecule has 5 aliphatic rings. The topological polar surface area (TPSA) is 0 Å². The van der Waals surface area contributed by atoms with Gasteiger partial charge in [0.05, 0.1) is 8.07 Å². The van der Waals surface area contributed by atoms with Gasteiger partial charge in [0.25, 0.3) is 0 Å². The molecular formula is C25H40S2Si. The SMILES string of the molecule is CC1=CC2C3C=C(C)SC3C([Si](C)(C)C3C(C)CC4C(C)CC(C)CC43)C2S1. The van der Waals surface area contributed by atoms with Crippen LogP contribution in [0.25, 0.3) is 0 Å². The Balaban J connectivity index is 1.50. The normalized spacial score (nSPS) is 52.9. The first-order chi connectivity index (χ1) is 13.2. The van der Waals surface area contributed by atoms with Crippen LogP contribution in [0.2, 0.25) is 24.2 Å². The molecule has 10 atom stereocenters. The van der Waals surface area contributed by atoms with Gasteiger partial charge in [0.2, 0.25) is 0 Å². The van der Waals surface area contributed by atoms with Gasteiger partial charge in [0.15, 0.2) is 0 Å². The highest BCUT2D eigenvalue weighted by molar-refractivity contribution is 8.05. The van der Waals surface area contributed by atoms with Crippen molar-refractivity contribution in [2.75, 3.05) is 0 Å². The van der Waals surface area contributed by atoms with E-state index in [2.05, 4.69) is 83.4 Å². The molecule has 0 saturated heterocycles. The van der Waals surface area contributed by atoms with Crippen molar-refractivity contribution in [1.29, 1.82) is 0 Å². The van der Waals surface area contributed by atoms with Crippen LogP contribution in [0.4, 0.5) is 0 Å². The van der Waals surface area contributed by atoms with E-state index in [9.17, 15) is 0 Å². The third-order valence-corrected chi connectivity index (χ3v) is 18.0. The summed E-state index contributed by atoms with van der Waals surface area (Å²) in [7, 11) is -1.41. The molecule has 0 bridgehead atoms. The van der Waals surface area contributed by atoms with Crippen LogP contribution >= 0.6 is 23.5 Å². The van der Waals surface area contributed by atoms with Crippen LogP contribution in [0.3, 0.4) is 0 Å². The van der Waals surface area contributed by atoms with Gasteiger partial charge in [-0.2, -0.15) is 0 Å². The Bertz CT molecular complexity index is 677. The van der Waals surface area contributed by atoms with Crippen molar-refractivity contribution in [2.45, 2.75) is 88.6 Å². The summed E-state index contributed by atoms with van der Waals surface area (Å²) >= 11 is 4.55. The molecule has 0 N–H and O–H groups in total. The molecule has 3 aliphatic carbocycles. The van der Waals surface area contributed by atoms with E-state index in [1.54, 1.807) is 9.81 Å². The summed E-state index contributed by atoms with van der Waals surface area (Å²) in [6.45, 7) is 18.2. The van der Waals surface area contributed by atoms with E-state index in [4.69, 9.17) is 0 Å². The molecule has 0 aromatic carbocycles. The summed E-state index contributed by atoms with van der Waals surface area (Å²) in [5.41, 5.74) is 2.04. The molecule has 28 heavy (non-hydrogen) atoms. The van der Waals surface area contributed by atoms with Crippen molar-refractivity contribution in [3.63, 3.8) is 0 Å². The molecular weight excluding hydrogens is 392 g/mol. The molecule has 0 spiro atoms. The second-order valence-corrected chi connectivity index (χ2v) is 19.7. The Morgan fingerprint density at radius 2 is 1.32 bits per heavy atom. The summed E-state index contributed by atoms with van der Waals surface area (Å²) in [5, 5.41) is 1.77. The van der Waals surface area contributed by atoms with E-state index in [1.165, 1.54) is 19.3 Å². The molecule has 156 valence electrons. The highest BCUT2D eigenvalue weighted by Crippen LogP contribution is 2.69. The maximum atomic E-state index is 2.84. The Kier molecular flexibility index (Phi) is 5.04. The van der Waals surface area contributed by atoms with Crippen molar-refractivity contribution < 1.29 is 0 Å². The van der Waals surface area contributed by atoms with Crippen LogP contribution in [0.5, 0.6) is 0 Å². The molecule has 0 aromatic rings. The smallest absolute Gasteiger partial charge is 0.0566 e. The van der Waals surface area contributed by atoms with Crippen LogP contribution < -0.4 is 0 Å². The third kappa shape index (κ3) is 2.92. The number of hydrogen-bond acceptors (Lipinski definition) is 2. The predicted molar refractivity (Wildman–Crippen MR) is 131 cm³/mol. The Labute approximate surface area is 183 Å². The van der Waals surface area contributed by atoms with E-state index in [0.29, 0.717) is 0 Å². The zero-order valence-electron chi connectivity index (χ0n) is 18.9. The number of fused-ring (bicyclic) bond motifs is 4. The third-order valence-electron chi connectivity index (χ3n) is 9.58.